The van der Waals surface area contributed by atoms with Gasteiger partial charge in [0, 0.05) is 5.56 Å². The topological polar surface area (TPSA) is 70.1 Å². The number of benzene rings is 2. The van der Waals surface area contributed by atoms with Crippen LogP contribution in [0.15, 0.2) is 65.8 Å². The largest absolute Gasteiger partial charge is 0.289 e. The Morgan fingerprint density at radius 2 is 1.82 bits per heavy atom. The van der Waals surface area contributed by atoms with Crippen LogP contribution >= 0.6 is 0 Å². The molecule has 28 heavy (non-hydrogen) atoms. The third kappa shape index (κ3) is 5.16. The maximum absolute atomic E-state index is 12.3. The summed E-state index contributed by atoms with van der Waals surface area (Å²) in [5.41, 5.74) is 7.74. The van der Waals surface area contributed by atoms with Gasteiger partial charge in [-0.3, -0.25) is 9.89 Å². The van der Waals surface area contributed by atoms with Crippen molar-refractivity contribution in [2.45, 2.75) is 39.5 Å². The van der Waals surface area contributed by atoms with Gasteiger partial charge in [0.15, 0.2) is 0 Å². The molecule has 0 radical (unpaired) electrons. The number of nitrogens with zero attached hydrogens (tertiary/aromatic N) is 2. The number of aromatic amines is 1. The van der Waals surface area contributed by atoms with Crippen LogP contribution < -0.4 is 5.43 Å². The van der Waals surface area contributed by atoms with Gasteiger partial charge in [0.05, 0.1) is 11.4 Å². The Kier molecular flexibility index (Phi) is 6.73. The molecule has 3 aromatic rings. The zero-order chi connectivity index (χ0) is 19.8. The number of carbonyl (C=O) groups is 1. The molecular formula is C23H26N4O. The summed E-state index contributed by atoms with van der Waals surface area (Å²) in [4.78, 5) is 12.3. The van der Waals surface area contributed by atoms with Gasteiger partial charge in [-0.05, 0) is 37.0 Å². The lowest BCUT2D eigenvalue weighted by Crippen LogP contribution is -2.19. The lowest BCUT2D eigenvalue weighted by atomic mass is 10.0. The Morgan fingerprint density at radius 3 is 2.54 bits per heavy atom. The van der Waals surface area contributed by atoms with Crippen LogP contribution in [0, 0.1) is 0 Å². The zero-order valence-corrected chi connectivity index (χ0v) is 16.4. The number of aryl methyl sites for hydroxylation is 1. The minimum Gasteiger partial charge on any atom is -0.272 e. The third-order valence-electron chi connectivity index (χ3n) is 4.66. The number of hydrogen-bond donors (Lipinski definition) is 2. The Morgan fingerprint density at radius 1 is 1.07 bits per heavy atom. The molecule has 0 aliphatic rings. The van der Waals surface area contributed by atoms with Crippen molar-refractivity contribution in [2.75, 3.05) is 0 Å². The lowest BCUT2D eigenvalue weighted by molar-refractivity contribution is 0.0950. The molecule has 0 bridgehead atoms. The molecule has 0 atom stereocenters. The summed E-state index contributed by atoms with van der Waals surface area (Å²) in [6.07, 6.45) is 4.80. The van der Waals surface area contributed by atoms with Crippen molar-refractivity contribution >= 4 is 11.6 Å². The van der Waals surface area contributed by atoms with Gasteiger partial charge >= 0.3 is 0 Å². The molecule has 0 aliphatic heterocycles. The highest BCUT2D eigenvalue weighted by molar-refractivity contribution is 6.00. The van der Waals surface area contributed by atoms with Crippen molar-refractivity contribution < 1.29 is 4.79 Å². The quantitative estimate of drug-likeness (QED) is 0.332. The summed E-state index contributed by atoms with van der Waals surface area (Å²) in [7, 11) is 0. The fourth-order valence-corrected chi connectivity index (χ4v) is 2.95. The predicted octanol–water partition coefficient (Wildman–Crippen LogP) is 4.96. The van der Waals surface area contributed by atoms with E-state index in [1.807, 2.05) is 37.3 Å². The van der Waals surface area contributed by atoms with Crippen molar-refractivity contribution in [1.29, 1.82) is 0 Å². The monoisotopic (exact) mass is 374 g/mol. The highest BCUT2D eigenvalue weighted by Gasteiger charge is 2.10. The maximum atomic E-state index is 12.3. The molecule has 5 heteroatoms. The molecule has 0 spiro atoms. The SMILES string of the molecule is CCCCCc1ccc(/C(C)=N\NC(=O)c2cc(-c3ccccc3)n[nH]2)cc1. The first-order valence-corrected chi connectivity index (χ1v) is 9.72. The molecule has 1 aromatic heterocycles. The van der Waals surface area contributed by atoms with Crippen molar-refractivity contribution in [3.05, 3.63) is 77.5 Å². The van der Waals surface area contributed by atoms with E-state index in [0.29, 0.717) is 5.69 Å². The van der Waals surface area contributed by atoms with Crippen LogP contribution in [0.3, 0.4) is 0 Å². The number of amides is 1. The number of hydrazone groups is 1. The van der Waals surface area contributed by atoms with Crippen molar-refractivity contribution in [2.24, 2.45) is 5.10 Å². The first-order chi connectivity index (χ1) is 13.7. The smallest absolute Gasteiger partial charge is 0.272 e. The van der Waals surface area contributed by atoms with Crippen LogP contribution in [0.1, 0.15) is 54.7 Å². The van der Waals surface area contributed by atoms with Gasteiger partial charge in [0.1, 0.15) is 5.69 Å². The predicted molar refractivity (Wildman–Crippen MR) is 113 cm³/mol. The van der Waals surface area contributed by atoms with E-state index < -0.39 is 0 Å². The van der Waals surface area contributed by atoms with Gasteiger partial charge in [-0.25, -0.2) is 5.43 Å². The summed E-state index contributed by atoms with van der Waals surface area (Å²) < 4.78 is 0. The molecule has 1 amide bonds. The first-order valence-electron chi connectivity index (χ1n) is 9.72. The summed E-state index contributed by atoms with van der Waals surface area (Å²) in [5, 5.41) is 11.2. The highest BCUT2D eigenvalue weighted by atomic mass is 16.2. The van der Waals surface area contributed by atoms with Gasteiger partial charge in [-0.1, -0.05) is 74.4 Å². The normalized spacial score (nSPS) is 11.4. The second kappa shape index (κ2) is 9.65. The van der Waals surface area contributed by atoms with Crippen molar-refractivity contribution in [1.82, 2.24) is 15.6 Å². The second-order valence-electron chi connectivity index (χ2n) is 6.83. The molecule has 0 saturated heterocycles. The standard InChI is InChI=1S/C23H26N4O/c1-3-4-6-9-18-12-14-19(15-13-18)17(2)24-27-23(28)22-16-21(25-26-22)20-10-7-5-8-11-20/h5,7-8,10-16H,3-4,6,9H2,1-2H3,(H,25,26)(H,27,28)/b24-17-. The molecule has 3 rings (SSSR count). The molecule has 0 aliphatic carbocycles. The average molecular weight is 374 g/mol. The van der Waals surface area contributed by atoms with Crippen LogP contribution in [0.5, 0.6) is 0 Å². The highest BCUT2D eigenvalue weighted by Crippen LogP contribution is 2.16. The molecule has 2 aromatic carbocycles. The van der Waals surface area contributed by atoms with E-state index in [1.54, 1.807) is 6.07 Å². The van der Waals surface area contributed by atoms with Crippen LogP contribution in [0.2, 0.25) is 0 Å². The molecule has 0 fully saturated rings. The number of rotatable bonds is 8. The molecule has 2 N–H and O–H groups in total. The number of carbonyl (C=O) groups excluding carboxylic acids is 1. The first kappa shape index (κ1) is 19.5. The Balaban J connectivity index is 1.60. The van der Waals surface area contributed by atoms with E-state index in [4.69, 9.17) is 0 Å². The Hall–Kier alpha value is -3.21. The van der Waals surface area contributed by atoms with Gasteiger partial charge in [0.25, 0.3) is 5.91 Å². The van der Waals surface area contributed by atoms with E-state index in [-0.39, 0.29) is 5.91 Å². The number of unbranched alkanes of at least 4 members (excludes halogenated alkanes) is 2. The van der Waals surface area contributed by atoms with E-state index in [2.05, 4.69) is 51.9 Å². The summed E-state index contributed by atoms with van der Waals surface area (Å²) in [5.74, 6) is -0.315. The van der Waals surface area contributed by atoms with E-state index >= 15 is 0 Å². The second-order valence-corrected chi connectivity index (χ2v) is 6.83. The lowest BCUT2D eigenvalue weighted by Gasteiger charge is -2.04. The molecular weight excluding hydrogens is 348 g/mol. The molecule has 0 unspecified atom stereocenters. The van der Waals surface area contributed by atoms with Crippen LogP contribution in [0.25, 0.3) is 11.3 Å². The van der Waals surface area contributed by atoms with Gasteiger partial charge in [-0.15, -0.1) is 0 Å². The van der Waals surface area contributed by atoms with Crippen LogP contribution in [0.4, 0.5) is 0 Å². The fraction of sp³-hybridized carbons (Fsp3) is 0.261. The molecule has 1 heterocycles. The number of hydrogen-bond acceptors (Lipinski definition) is 3. The van der Waals surface area contributed by atoms with Gasteiger partial charge < -0.3 is 0 Å². The van der Waals surface area contributed by atoms with Crippen molar-refractivity contribution in [3.63, 3.8) is 0 Å². The number of H-pyrrole nitrogens is 1. The van der Waals surface area contributed by atoms with Gasteiger partial charge in [0.2, 0.25) is 0 Å². The molecule has 0 saturated carbocycles. The van der Waals surface area contributed by atoms with E-state index in [1.165, 1.54) is 24.8 Å². The van der Waals surface area contributed by atoms with Crippen LogP contribution in [-0.2, 0) is 6.42 Å². The number of nitrogens with one attached hydrogen (secondary N) is 2. The maximum Gasteiger partial charge on any atom is 0.289 e. The summed E-state index contributed by atoms with van der Waals surface area (Å²) >= 11 is 0. The van der Waals surface area contributed by atoms with E-state index in [9.17, 15) is 4.79 Å². The Labute approximate surface area is 165 Å². The molecule has 5 nitrogen and oxygen atoms in total. The summed E-state index contributed by atoms with van der Waals surface area (Å²) in [6.45, 7) is 4.09. The van der Waals surface area contributed by atoms with Crippen LogP contribution in [-0.4, -0.2) is 21.8 Å². The minimum absolute atomic E-state index is 0.315. The molecule has 144 valence electrons. The minimum atomic E-state index is -0.315. The van der Waals surface area contributed by atoms with Crippen molar-refractivity contribution in [3.8, 4) is 11.3 Å². The average Bonchev–Trinajstić information content (AvgIpc) is 3.23. The van der Waals surface area contributed by atoms with E-state index in [0.717, 1.165) is 29.0 Å². The third-order valence-corrected chi connectivity index (χ3v) is 4.66. The van der Waals surface area contributed by atoms with Gasteiger partial charge in [-0.2, -0.15) is 10.2 Å². The zero-order valence-electron chi connectivity index (χ0n) is 16.4. The summed E-state index contributed by atoms with van der Waals surface area (Å²) in [6, 6.07) is 19.8. The Bertz CT molecular complexity index is 927. The fourth-order valence-electron chi connectivity index (χ4n) is 2.95. The number of aromatic nitrogens is 2.